The predicted octanol–water partition coefficient (Wildman–Crippen LogP) is 4.18. The van der Waals surface area contributed by atoms with Crippen LogP contribution in [0.15, 0.2) is 53.7 Å². The number of hydrogen-bond donors (Lipinski definition) is 0. The molecule has 3 rings (SSSR count). The Morgan fingerprint density at radius 2 is 1.91 bits per heavy atom. The molecule has 1 saturated carbocycles. The molecule has 1 aliphatic rings. The van der Waals surface area contributed by atoms with E-state index in [4.69, 9.17) is 0 Å². The van der Waals surface area contributed by atoms with E-state index in [1.54, 1.807) is 0 Å². The number of rotatable bonds is 4. The maximum Gasteiger partial charge on any atom is 0.0956 e. The van der Waals surface area contributed by atoms with Gasteiger partial charge in [-0.3, -0.25) is 9.98 Å². The van der Waals surface area contributed by atoms with Crippen LogP contribution >= 0.6 is 0 Å². The van der Waals surface area contributed by atoms with Crippen LogP contribution in [-0.2, 0) is 0 Å². The number of nitrogens with zero attached hydrogens (tertiary/aromatic N) is 3. The highest BCUT2D eigenvalue weighted by molar-refractivity contribution is 5.79. The first-order valence-electron chi connectivity index (χ1n) is 7.88. The average molecular weight is 293 g/mol. The van der Waals surface area contributed by atoms with Crippen molar-refractivity contribution in [2.45, 2.75) is 25.8 Å². The topological polar surface area (TPSA) is 28.5 Å². The normalized spacial score (nSPS) is 16.4. The van der Waals surface area contributed by atoms with Crippen LogP contribution in [0, 0.1) is 5.92 Å². The molecule has 1 aromatic heterocycles. The zero-order chi connectivity index (χ0) is 15.5. The van der Waals surface area contributed by atoms with Gasteiger partial charge in [0.25, 0.3) is 0 Å². The lowest BCUT2D eigenvalue weighted by Crippen LogP contribution is -2.30. The number of hydrogen-bond acceptors (Lipinski definition) is 2. The first-order chi connectivity index (χ1) is 10.7. The summed E-state index contributed by atoms with van der Waals surface area (Å²) in [6.07, 6.45) is 4.63. The molecule has 2 aromatic rings. The Morgan fingerprint density at radius 1 is 1.18 bits per heavy atom. The van der Waals surface area contributed by atoms with Gasteiger partial charge in [0.2, 0.25) is 0 Å². The van der Waals surface area contributed by atoms with Crippen LogP contribution < -0.4 is 0 Å². The van der Waals surface area contributed by atoms with Crippen LogP contribution in [0.2, 0.25) is 0 Å². The van der Waals surface area contributed by atoms with E-state index in [1.165, 1.54) is 18.4 Å². The lowest BCUT2D eigenvalue weighted by molar-refractivity contribution is 0.334. The van der Waals surface area contributed by atoms with E-state index in [-0.39, 0.29) is 0 Å². The fraction of sp³-hybridized carbons (Fsp3) is 0.368. The van der Waals surface area contributed by atoms with Crippen molar-refractivity contribution in [3.63, 3.8) is 0 Å². The Hall–Kier alpha value is -2.16. The van der Waals surface area contributed by atoms with E-state index in [9.17, 15) is 0 Å². The highest BCUT2D eigenvalue weighted by atomic mass is 15.2. The second kappa shape index (κ2) is 6.30. The minimum atomic E-state index is 0.390. The average Bonchev–Trinajstić information content (AvgIpc) is 3.40. The highest BCUT2D eigenvalue weighted by Gasteiger charge is 2.35. The Morgan fingerprint density at radius 3 is 2.45 bits per heavy atom. The molecular weight excluding hydrogens is 270 g/mol. The van der Waals surface area contributed by atoms with E-state index < -0.39 is 0 Å². The molecule has 0 amide bonds. The van der Waals surface area contributed by atoms with Crippen molar-refractivity contribution >= 4 is 5.84 Å². The summed E-state index contributed by atoms with van der Waals surface area (Å²) in [5.41, 5.74) is 3.48. The minimum absolute atomic E-state index is 0.390. The molecule has 3 nitrogen and oxygen atoms in total. The fourth-order valence-electron chi connectivity index (χ4n) is 2.94. The number of aliphatic imine (C=N–C) groups is 1. The van der Waals surface area contributed by atoms with Gasteiger partial charge in [-0.05, 0) is 37.3 Å². The van der Waals surface area contributed by atoms with Crippen molar-refractivity contribution in [3.8, 4) is 11.3 Å². The third-order valence-electron chi connectivity index (χ3n) is 4.52. The van der Waals surface area contributed by atoms with Crippen molar-refractivity contribution in [1.29, 1.82) is 0 Å². The molecule has 0 spiro atoms. The summed E-state index contributed by atoms with van der Waals surface area (Å²) in [4.78, 5) is 11.3. The lowest BCUT2D eigenvalue weighted by Gasteiger charge is -2.30. The summed E-state index contributed by atoms with van der Waals surface area (Å²) in [6, 6.07) is 15.1. The van der Waals surface area contributed by atoms with Crippen molar-refractivity contribution in [1.82, 2.24) is 9.88 Å². The third kappa shape index (κ3) is 3.03. The van der Waals surface area contributed by atoms with Crippen LogP contribution in [0.25, 0.3) is 11.3 Å². The predicted molar refractivity (Wildman–Crippen MR) is 91.9 cm³/mol. The number of benzene rings is 1. The smallest absolute Gasteiger partial charge is 0.0956 e. The van der Waals surface area contributed by atoms with Crippen LogP contribution in [0.3, 0.4) is 0 Å². The first kappa shape index (κ1) is 14.8. The quantitative estimate of drug-likeness (QED) is 0.625. The maximum absolute atomic E-state index is 4.68. The molecule has 0 radical (unpaired) electrons. The minimum Gasteiger partial charge on any atom is -0.356 e. The highest BCUT2D eigenvalue weighted by Crippen LogP contribution is 2.44. The molecule has 22 heavy (non-hydrogen) atoms. The molecule has 1 heterocycles. The van der Waals surface area contributed by atoms with Gasteiger partial charge in [-0.15, -0.1) is 0 Å². The van der Waals surface area contributed by atoms with Gasteiger partial charge in [0.1, 0.15) is 0 Å². The molecule has 1 aromatic carbocycles. The molecular formula is C19H23N3. The molecule has 0 aliphatic heterocycles. The Bertz CT molecular complexity index is 642. The molecule has 3 heteroatoms. The molecule has 1 aliphatic carbocycles. The summed E-state index contributed by atoms with van der Waals surface area (Å²) >= 11 is 0. The fourth-order valence-corrected chi connectivity index (χ4v) is 2.94. The number of aromatic nitrogens is 1. The van der Waals surface area contributed by atoms with Crippen LogP contribution in [0.1, 0.15) is 31.4 Å². The van der Waals surface area contributed by atoms with Crippen molar-refractivity contribution in [2.24, 2.45) is 10.9 Å². The van der Waals surface area contributed by atoms with Gasteiger partial charge in [-0.1, -0.05) is 36.4 Å². The second-order valence-corrected chi connectivity index (χ2v) is 6.01. The standard InChI is InChI=1S/C19H23N3/c1-14(20-2)22(3)19(16-9-10-16)17-11-12-18(21-13-17)15-7-5-4-6-8-15/h4-8,11-13,16,19H,9-10H2,1-3H3. The Labute approximate surface area is 132 Å². The Kier molecular flexibility index (Phi) is 4.23. The van der Waals surface area contributed by atoms with Crippen LogP contribution in [0.4, 0.5) is 0 Å². The number of amidine groups is 1. The molecule has 1 atom stereocenters. The van der Waals surface area contributed by atoms with Crippen molar-refractivity contribution in [2.75, 3.05) is 14.1 Å². The number of pyridine rings is 1. The van der Waals surface area contributed by atoms with Gasteiger partial charge < -0.3 is 4.90 Å². The monoisotopic (exact) mass is 293 g/mol. The Balaban J connectivity index is 1.87. The van der Waals surface area contributed by atoms with E-state index in [0.29, 0.717) is 6.04 Å². The summed E-state index contributed by atoms with van der Waals surface area (Å²) in [5.74, 6) is 1.80. The van der Waals surface area contributed by atoms with Gasteiger partial charge in [0.05, 0.1) is 17.6 Å². The van der Waals surface area contributed by atoms with Gasteiger partial charge in [-0.2, -0.15) is 0 Å². The van der Waals surface area contributed by atoms with Gasteiger partial charge >= 0.3 is 0 Å². The van der Waals surface area contributed by atoms with Gasteiger partial charge in [-0.25, -0.2) is 0 Å². The summed E-state index contributed by atoms with van der Waals surface area (Å²) in [5, 5.41) is 0. The lowest BCUT2D eigenvalue weighted by atomic mass is 10.0. The van der Waals surface area contributed by atoms with E-state index >= 15 is 0 Å². The zero-order valence-electron chi connectivity index (χ0n) is 13.5. The molecule has 114 valence electrons. The molecule has 0 bridgehead atoms. The van der Waals surface area contributed by atoms with Crippen LogP contribution in [0.5, 0.6) is 0 Å². The van der Waals surface area contributed by atoms with E-state index in [2.05, 4.69) is 53.1 Å². The zero-order valence-corrected chi connectivity index (χ0v) is 13.5. The first-order valence-corrected chi connectivity index (χ1v) is 7.88. The summed E-state index contributed by atoms with van der Waals surface area (Å²) in [6.45, 7) is 2.07. The molecule has 0 N–H and O–H groups in total. The second-order valence-electron chi connectivity index (χ2n) is 6.01. The van der Waals surface area contributed by atoms with Crippen LogP contribution in [-0.4, -0.2) is 29.8 Å². The molecule has 1 unspecified atom stereocenters. The van der Waals surface area contributed by atoms with E-state index in [1.807, 2.05) is 31.4 Å². The molecule has 1 fully saturated rings. The van der Waals surface area contributed by atoms with E-state index in [0.717, 1.165) is 23.0 Å². The van der Waals surface area contributed by atoms with Crippen molar-refractivity contribution in [3.05, 3.63) is 54.2 Å². The maximum atomic E-state index is 4.68. The largest absolute Gasteiger partial charge is 0.356 e. The van der Waals surface area contributed by atoms with Gasteiger partial charge in [0.15, 0.2) is 0 Å². The summed E-state index contributed by atoms with van der Waals surface area (Å²) in [7, 11) is 3.99. The van der Waals surface area contributed by atoms with Crippen molar-refractivity contribution < 1.29 is 0 Å². The van der Waals surface area contributed by atoms with Gasteiger partial charge in [0, 0.05) is 25.9 Å². The SMILES string of the molecule is CN=C(C)N(C)C(c1ccc(-c2ccccc2)nc1)C1CC1. The molecule has 0 saturated heterocycles. The third-order valence-corrected chi connectivity index (χ3v) is 4.52. The summed E-state index contributed by atoms with van der Waals surface area (Å²) < 4.78 is 0.